The van der Waals surface area contributed by atoms with Gasteiger partial charge in [0.15, 0.2) is 0 Å². The van der Waals surface area contributed by atoms with Gasteiger partial charge in [-0.2, -0.15) is 0 Å². The number of carbonyl (C=O) groups is 1. The van der Waals surface area contributed by atoms with Gasteiger partial charge in [0.1, 0.15) is 11.5 Å². The molecule has 0 saturated carbocycles. The van der Waals surface area contributed by atoms with E-state index in [0.29, 0.717) is 18.7 Å². The van der Waals surface area contributed by atoms with Gasteiger partial charge in [0.25, 0.3) is 5.91 Å². The summed E-state index contributed by atoms with van der Waals surface area (Å²) in [5.74, 6) is 0.916. The predicted molar refractivity (Wildman–Crippen MR) is 85.3 cm³/mol. The van der Waals surface area contributed by atoms with Crippen molar-refractivity contribution in [2.45, 2.75) is 0 Å². The van der Waals surface area contributed by atoms with Crippen LogP contribution in [0.15, 0.2) is 49.3 Å². The molecule has 0 spiro atoms. The number of anilines is 1. The summed E-state index contributed by atoms with van der Waals surface area (Å²) in [6, 6.07) is 3.70. The highest BCUT2D eigenvalue weighted by atomic mass is 16.2. The second-order valence-corrected chi connectivity index (χ2v) is 5.45. The summed E-state index contributed by atoms with van der Waals surface area (Å²) in [5.41, 5.74) is 1.53. The fourth-order valence-corrected chi connectivity index (χ4v) is 2.82. The molecule has 0 radical (unpaired) electrons. The summed E-state index contributed by atoms with van der Waals surface area (Å²) in [7, 11) is 0. The minimum absolute atomic E-state index is 0.0550. The Morgan fingerprint density at radius 1 is 1.00 bits per heavy atom. The normalized spacial score (nSPS) is 15.1. The zero-order valence-electron chi connectivity index (χ0n) is 12.5. The molecule has 4 rings (SSSR count). The molecule has 1 fully saturated rings. The molecular formula is C16H16N6O. The van der Waals surface area contributed by atoms with Gasteiger partial charge in [0, 0.05) is 57.2 Å². The molecule has 7 nitrogen and oxygen atoms in total. The maximum absolute atomic E-state index is 12.7. The number of piperazine rings is 1. The topological polar surface area (TPSA) is 66.6 Å². The van der Waals surface area contributed by atoms with Gasteiger partial charge in [0.2, 0.25) is 0 Å². The SMILES string of the molecule is O=C(c1ccc2nccn2c1)N1CCN(c2cnccn2)CC1. The molecule has 1 amide bonds. The summed E-state index contributed by atoms with van der Waals surface area (Å²) in [6.07, 6.45) is 10.5. The molecule has 4 heterocycles. The molecule has 1 saturated heterocycles. The molecule has 0 N–H and O–H groups in total. The number of nitrogens with zero attached hydrogens (tertiary/aromatic N) is 6. The van der Waals surface area contributed by atoms with Gasteiger partial charge in [-0.15, -0.1) is 0 Å². The van der Waals surface area contributed by atoms with Crippen molar-refractivity contribution in [3.8, 4) is 0 Å². The summed E-state index contributed by atoms with van der Waals surface area (Å²) in [5, 5.41) is 0. The van der Waals surface area contributed by atoms with Crippen LogP contribution in [-0.4, -0.2) is 56.3 Å². The van der Waals surface area contributed by atoms with Crippen molar-refractivity contribution < 1.29 is 4.79 Å². The minimum Gasteiger partial charge on any atom is -0.352 e. The second kappa shape index (κ2) is 5.68. The van der Waals surface area contributed by atoms with Gasteiger partial charge in [-0.1, -0.05) is 0 Å². The van der Waals surface area contributed by atoms with Crippen LogP contribution >= 0.6 is 0 Å². The first-order valence-corrected chi connectivity index (χ1v) is 7.54. The minimum atomic E-state index is 0.0550. The molecule has 3 aromatic rings. The average Bonchev–Trinajstić information content (AvgIpc) is 3.10. The van der Waals surface area contributed by atoms with Crippen molar-refractivity contribution in [2.75, 3.05) is 31.1 Å². The Kier molecular flexibility index (Phi) is 3.38. The first-order chi connectivity index (χ1) is 11.3. The van der Waals surface area contributed by atoms with E-state index in [0.717, 1.165) is 24.6 Å². The lowest BCUT2D eigenvalue weighted by Gasteiger charge is -2.35. The quantitative estimate of drug-likeness (QED) is 0.709. The lowest BCUT2D eigenvalue weighted by atomic mass is 10.2. The third kappa shape index (κ3) is 2.61. The van der Waals surface area contributed by atoms with Gasteiger partial charge in [-0.3, -0.25) is 9.78 Å². The Balaban J connectivity index is 1.46. The maximum Gasteiger partial charge on any atom is 0.255 e. The number of hydrogen-bond donors (Lipinski definition) is 0. The van der Waals surface area contributed by atoms with E-state index in [2.05, 4.69) is 19.9 Å². The number of pyridine rings is 1. The zero-order chi connectivity index (χ0) is 15.6. The fraction of sp³-hybridized carbons (Fsp3) is 0.250. The molecular weight excluding hydrogens is 292 g/mol. The third-order valence-corrected chi connectivity index (χ3v) is 4.08. The van der Waals surface area contributed by atoms with Gasteiger partial charge in [-0.25, -0.2) is 9.97 Å². The molecule has 0 bridgehead atoms. The molecule has 116 valence electrons. The Labute approximate surface area is 133 Å². The molecule has 7 heteroatoms. The van der Waals surface area contributed by atoms with Crippen LogP contribution in [0.5, 0.6) is 0 Å². The maximum atomic E-state index is 12.7. The monoisotopic (exact) mass is 308 g/mol. The number of imidazole rings is 1. The number of rotatable bonds is 2. The van der Waals surface area contributed by atoms with Gasteiger partial charge in [0.05, 0.1) is 11.8 Å². The van der Waals surface area contributed by atoms with Crippen LogP contribution in [0.1, 0.15) is 10.4 Å². The van der Waals surface area contributed by atoms with Crippen LogP contribution < -0.4 is 4.90 Å². The van der Waals surface area contributed by atoms with E-state index in [1.807, 2.05) is 33.8 Å². The summed E-state index contributed by atoms with van der Waals surface area (Å²) >= 11 is 0. The average molecular weight is 308 g/mol. The summed E-state index contributed by atoms with van der Waals surface area (Å²) < 4.78 is 1.86. The molecule has 0 unspecified atom stereocenters. The van der Waals surface area contributed by atoms with E-state index >= 15 is 0 Å². The van der Waals surface area contributed by atoms with Gasteiger partial charge in [-0.05, 0) is 12.1 Å². The number of hydrogen-bond acceptors (Lipinski definition) is 5. The third-order valence-electron chi connectivity index (χ3n) is 4.08. The smallest absolute Gasteiger partial charge is 0.255 e. The molecule has 0 aliphatic carbocycles. The standard InChI is InChI=1S/C16H16N6O/c23-16(13-1-2-14-19-5-6-22(14)12-13)21-9-7-20(8-10-21)15-11-17-3-4-18-15/h1-6,11-12H,7-10H2. The molecule has 1 aliphatic heterocycles. The molecule has 3 aromatic heterocycles. The van der Waals surface area contributed by atoms with Gasteiger partial charge < -0.3 is 14.2 Å². The van der Waals surface area contributed by atoms with Crippen molar-refractivity contribution in [1.29, 1.82) is 0 Å². The summed E-state index contributed by atoms with van der Waals surface area (Å²) in [6.45, 7) is 2.88. The van der Waals surface area contributed by atoms with Crippen molar-refractivity contribution in [3.05, 3.63) is 54.9 Å². The Morgan fingerprint density at radius 2 is 1.87 bits per heavy atom. The lowest BCUT2D eigenvalue weighted by molar-refractivity contribution is 0.0746. The Morgan fingerprint density at radius 3 is 2.65 bits per heavy atom. The van der Waals surface area contributed by atoms with Crippen LogP contribution in [-0.2, 0) is 0 Å². The van der Waals surface area contributed by atoms with Crippen LogP contribution in [0, 0.1) is 0 Å². The van der Waals surface area contributed by atoms with E-state index in [1.54, 1.807) is 24.8 Å². The van der Waals surface area contributed by atoms with E-state index in [9.17, 15) is 4.79 Å². The Bertz CT molecular complexity index is 823. The highest BCUT2D eigenvalue weighted by Gasteiger charge is 2.23. The Hall–Kier alpha value is -2.96. The van der Waals surface area contributed by atoms with Crippen LogP contribution in [0.3, 0.4) is 0 Å². The summed E-state index contributed by atoms with van der Waals surface area (Å²) in [4.78, 5) is 29.3. The largest absolute Gasteiger partial charge is 0.352 e. The van der Waals surface area contributed by atoms with Crippen LogP contribution in [0.25, 0.3) is 5.65 Å². The molecule has 1 aliphatic rings. The van der Waals surface area contributed by atoms with E-state index in [4.69, 9.17) is 0 Å². The highest BCUT2D eigenvalue weighted by Crippen LogP contribution is 2.14. The van der Waals surface area contributed by atoms with E-state index < -0.39 is 0 Å². The number of amides is 1. The fourth-order valence-electron chi connectivity index (χ4n) is 2.82. The number of carbonyl (C=O) groups excluding carboxylic acids is 1. The number of fused-ring (bicyclic) bond motifs is 1. The predicted octanol–water partition coefficient (Wildman–Crippen LogP) is 1.09. The van der Waals surface area contributed by atoms with Crippen LogP contribution in [0.2, 0.25) is 0 Å². The molecule has 0 atom stereocenters. The first kappa shape index (κ1) is 13.7. The van der Waals surface area contributed by atoms with E-state index in [-0.39, 0.29) is 5.91 Å². The van der Waals surface area contributed by atoms with Crippen molar-refractivity contribution in [1.82, 2.24) is 24.3 Å². The second-order valence-electron chi connectivity index (χ2n) is 5.45. The van der Waals surface area contributed by atoms with Crippen molar-refractivity contribution in [2.24, 2.45) is 0 Å². The lowest BCUT2D eigenvalue weighted by Crippen LogP contribution is -2.49. The molecule has 0 aromatic carbocycles. The van der Waals surface area contributed by atoms with Crippen LogP contribution in [0.4, 0.5) is 5.82 Å². The zero-order valence-corrected chi connectivity index (χ0v) is 12.5. The van der Waals surface area contributed by atoms with Gasteiger partial charge >= 0.3 is 0 Å². The van der Waals surface area contributed by atoms with Crippen molar-refractivity contribution in [3.63, 3.8) is 0 Å². The van der Waals surface area contributed by atoms with E-state index in [1.165, 1.54) is 0 Å². The first-order valence-electron chi connectivity index (χ1n) is 7.54. The highest BCUT2D eigenvalue weighted by molar-refractivity contribution is 5.94. The molecule has 23 heavy (non-hydrogen) atoms. The van der Waals surface area contributed by atoms with Crippen molar-refractivity contribution >= 4 is 17.4 Å². The number of aromatic nitrogens is 4.